The van der Waals surface area contributed by atoms with Crippen LogP contribution in [0.5, 0.6) is 5.75 Å². The monoisotopic (exact) mass is 283 g/mol. The second-order valence-electron chi connectivity index (χ2n) is 4.28. The molecule has 1 saturated heterocycles. The molecule has 5 heteroatoms. The van der Waals surface area contributed by atoms with Gasteiger partial charge in [-0.05, 0) is 30.7 Å². The third-order valence-corrected chi connectivity index (χ3v) is 5.68. The first kappa shape index (κ1) is 13.6. The van der Waals surface area contributed by atoms with Crippen LogP contribution < -0.4 is 5.32 Å². The van der Waals surface area contributed by atoms with Crippen LogP contribution in [0.3, 0.4) is 0 Å². The van der Waals surface area contributed by atoms with Crippen molar-refractivity contribution in [1.29, 1.82) is 0 Å². The lowest BCUT2D eigenvalue weighted by Crippen LogP contribution is -2.33. The summed E-state index contributed by atoms with van der Waals surface area (Å²) in [4.78, 5) is 11.9. The van der Waals surface area contributed by atoms with Crippen molar-refractivity contribution in [1.82, 2.24) is 5.32 Å². The van der Waals surface area contributed by atoms with Gasteiger partial charge in [0.25, 0.3) is 5.91 Å². The van der Waals surface area contributed by atoms with E-state index in [9.17, 15) is 9.90 Å². The van der Waals surface area contributed by atoms with Crippen LogP contribution in [-0.4, -0.2) is 40.1 Å². The summed E-state index contributed by atoms with van der Waals surface area (Å²) in [5, 5.41) is 12.9. The fourth-order valence-corrected chi connectivity index (χ4v) is 4.37. The average molecular weight is 283 g/mol. The van der Waals surface area contributed by atoms with E-state index in [4.69, 9.17) is 0 Å². The van der Waals surface area contributed by atoms with Crippen molar-refractivity contribution >= 4 is 29.4 Å². The largest absolute Gasteiger partial charge is 0.508 e. The number of carbonyl (C=O) groups is 1. The van der Waals surface area contributed by atoms with Crippen molar-refractivity contribution in [2.75, 3.05) is 23.8 Å². The van der Waals surface area contributed by atoms with Gasteiger partial charge >= 0.3 is 0 Å². The summed E-state index contributed by atoms with van der Waals surface area (Å²) in [6.07, 6.45) is 0. The smallest absolute Gasteiger partial charge is 0.251 e. The van der Waals surface area contributed by atoms with Crippen molar-refractivity contribution in [2.24, 2.45) is 0 Å². The van der Waals surface area contributed by atoms with E-state index in [1.165, 1.54) is 11.5 Å². The molecule has 98 valence electrons. The molecule has 1 atom stereocenters. The molecule has 0 radical (unpaired) electrons. The lowest BCUT2D eigenvalue weighted by molar-refractivity contribution is 0.0954. The van der Waals surface area contributed by atoms with Crippen LogP contribution in [0.15, 0.2) is 18.2 Å². The Morgan fingerprint density at radius 2 is 2.33 bits per heavy atom. The molecule has 1 aromatic carbocycles. The molecule has 18 heavy (non-hydrogen) atoms. The van der Waals surface area contributed by atoms with Crippen LogP contribution >= 0.6 is 23.5 Å². The number of carbonyl (C=O) groups excluding carboxylic acids is 1. The number of hydrogen-bond acceptors (Lipinski definition) is 4. The zero-order valence-electron chi connectivity index (χ0n) is 10.3. The Labute approximate surface area is 116 Å². The maximum Gasteiger partial charge on any atom is 0.251 e. The molecule has 1 heterocycles. The SMILES string of the molecule is Cc1cc(C(=O)NCC2CSCCS2)ccc1O. The first-order valence-corrected chi connectivity index (χ1v) is 8.14. The van der Waals surface area contributed by atoms with Gasteiger partial charge in [-0.15, -0.1) is 0 Å². The molecule has 1 aliphatic heterocycles. The van der Waals surface area contributed by atoms with Crippen molar-refractivity contribution in [3.8, 4) is 5.75 Å². The summed E-state index contributed by atoms with van der Waals surface area (Å²) in [6, 6.07) is 4.93. The van der Waals surface area contributed by atoms with Crippen LogP contribution in [-0.2, 0) is 0 Å². The summed E-state index contributed by atoms with van der Waals surface area (Å²) in [6.45, 7) is 2.51. The number of amides is 1. The van der Waals surface area contributed by atoms with Gasteiger partial charge in [0.05, 0.1) is 0 Å². The standard InChI is InChI=1S/C13H17NO2S2/c1-9-6-10(2-3-12(9)15)13(16)14-7-11-8-17-4-5-18-11/h2-3,6,11,15H,4-5,7-8H2,1H3,(H,14,16). The summed E-state index contributed by atoms with van der Waals surface area (Å²) >= 11 is 3.88. The van der Waals surface area contributed by atoms with Gasteiger partial charge in [0.15, 0.2) is 0 Å². The van der Waals surface area contributed by atoms with E-state index in [2.05, 4.69) is 5.32 Å². The van der Waals surface area contributed by atoms with Crippen molar-refractivity contribution < 1.29 is 9.90 Å². The summed E-state index contributed by atoms with van der Waals surface area (Å²) in [5.74, 6) is 3.66. The number of thioether (sulfide) groups is 2. The van der Waals surface area contributed by atoms with Crippen molar-refractivity contribution in [3.63, 3.8) is 0 Å². The lowest BCUT2D eigenvalue weighted by Gasteiger charge is -2.21. The topological polar surface area (TPSA) is 49.3 Å². The number of hydrogen-bond donors (Lipinski definition) is 2. The number of phenols is 1. The van der Waals surface area contributed by atoms with E-state index < -0.39 is 0 Å². The molecule has 1 fully saturated rings. The maximum absolute atomic E-state index is 11.9. The van der Waals surface area contributed by atoms with E-state index in [1.54, 1.807) is 25.1 Å². The van der Waals surface area contributed by atoms with E-state index in [1.807, 2.05) is 23.5 Å². The highest BCUT2D eigenvalue weighted by Crippen LogP contribution is 2.23. The van der Waals surface area contributed by atoms with Gasteiger partial charge in [0, 0.05) is 34.6 Å². The fraction of sp³-hybridized carbons (Fsp3) is 0.462. The van der Waals surface area contributed by atoms with Gasteiger partial charge < -0.3 is 10.4 Å². The maximum atomic E-state index is 11.9. The second-order valence-corrected chi connectivity index (χ2v) is 6.84. The molecule has 1 aliphatic rings. The van der Waals surface area contributed by atoms with Crippen LogP contribution in [0.25, 0.3) is 0 Å². The molecule has 1 aromatic rings. The Hall–Kier alpha value is -0.810. The summed E-state index contributed by atoms with van der Waals surface area (Å²) in [5.41, 5.74) is 1.34. The zero-order valence-corrected chi connectivity index (χ0v) is 11.9. The molecule has 0 bridgehead atoms. The molecule has 3 nitrogen and oxygen atoms in total. The van der Waals surface area contributed by atoms with Crippen molar-refractivity contribution in [2.45, 2.75) is 12.2 Å². The van der Waals surface area contributed by atoms with E-state index in [-0.39, 0.29) is 11.7 Å². The summed E-state index contributed by atoms with van der Waals surface area (Å²) < 4.78 is 0. The predicted octanol–water partition coefficient (Wildman–Crippen LogP) is 2.28. The molecule has 1 unspecified atom stereocenters. The number of nitrogens with one attached hydrogen (secondary N) is 1. The first-order valence-electron chi connectivity index (χ1n) is 5.94. The highest BCUT2D eigenvalue weighted by molar-refractivity contribution is 8.06. The van der Waals surface area contributed by atoms with Crippen LogP contribution in [0.2, 0.25) is 0 Å². The third kappa shape index (κ3) is 3.59. The summed E-state index contributed by atoms with van der Waals surface area (Å²) in [7, 11) is 0. The van der Waals surface area contributed by atoms with Crippen LogP contribution in [0, 0.1) is 6.92 Å². The molecular weight excluding hydrogens is 266 g/mol. The Morgan fingerprint density at radius 1 is 1.50 bits per heavy atom. The molecule has 0 aromatic heterocycles. The quantitative estimate of drug-likeness (QED) is 0.893. The first-order chi connectivity index (χ1) is 8.66. The Morgan fingerprint density at radius 3 is 3.00 bits per heavy atom. The highest BCUT2D eigenvalue weighted by atomic mass is 32.2. The van der Waals surface area contributed by atoms with Crippen LogP contribution in [0.1, 0.15) is 15.9 Å². The van der Waals surface area contributed by atoms with Gasteiger partial charge in [-0.25, -0.2) is 0 Å². The number of aryl methyl sites for hydroxylation is 1. The minimum absolute atomic E-state index is 0.0609. The average Bonchev–Trinajstić information content (AvgIpc) is 2.40. The predicted molar refractivity (Wildman–Crippen MR) is 78.7 cm³/mol. The Bertz CT molecular complexity index is 431. The van der Waals surface area contributed by atoms with Crippen LogP contribution in [0.4, 0.5) is 0 Å². The molecule has 0 spiro atoms. The Balaban J connectivity index is 1.88. The van der Waals surface area contributed by atoms with E-state index in [0.29, 0.717) is 10.8 Å². The zero-order chi connectivity index (χ0) is 13.0. The van der Waals surface area contributed by atoms with Gasteiger partial charge in [0.2, 0.25) is 0 Å². The lowest BCUT2D eigenvalue weighted by atomic mass is 10.1. The van der Waals surface area contributed by atoms with Crippen molar-refractivity contribution in [3.05, 3.63) is 29.3 Å². The molecule has 2 N–H and O–H groups in total. The minimum Gasteiger partial charge on any atom is -0.508 e. The van der Waals surface area contributed by atoms with E-state index >= 15 is 0 Å². The van der Waals surface area contributed by atoms with Gasteiger partial charge in [0.1, 0.15) is 5.75 Å². The Kier molecular flexibility index (Phi) is 4.83. The molecule has 0 saturated carbocycles. The molecule has 1 amide bonds. The number of benzene rings is 1. The molecule has 0 aliphatic carbocycles. The fourth-order valence-electron chi connectivity index (χ4n) is 1.76. The number of aromatic hydroxyl groups is 1. The second kappa shape index (κ2) is 6.38. The third-order valence-electron chi connectivity index (χ3n) is 2.83. The minimum atomic E-state index is -0.0609. The van der Waals surface area contributed by atoms with Gasteiger partial charge in [-0.1, -0.05) is 0 Å². The van der Waals surface area contributed by atoms with Gasteiger partial charge in [-0.3, -0.25) is 4.79 Å². The molecular formula is C13H17NO2S2. The van der Waals surface area contributed by atoms with E-state index in [0.717, 1.165) is 17.9 Å². The molecule has 2 rings (SSSR count). The normalized spacial score (nSPS) is 19.5. The number of rotatable bonds is 3. The highest BCUT2D eigenvalue weighted by Gasteiger charge is 2.15. The van der Waals surface area contributed by atoms with Gasteiger partial charge in [-0.2, -0.15) is 23.5 Å². The number of phenolic OH excluding ortho intramolecular Hbond substituents is 1.